The molecule has 0 aromatic heterocycles. The molecule has 1 aliphatic carbocycles. The SMILES string of the molecule is O=C(Sc1ccccc1)C(C1CCCCC1)C(F)(F)F. The first-order chi connectivity index (χ1) is 9.48. The first-order valence-electron chi connectivity index (χ1n) is 6.82. The summed E-state index contributed by atoms with van der Waals surface area (Å²) in [6.07, 6.45) is -0.875. The van der Waals surface area contributed by atoms with Gasteiger partial charge >= 0.3 is 6.18 Å². The Kier molecular flexibility index (Phi) is 5.13. The van der Waals surface area contributed by atoms with Crippen molar-refractivity contribution in [3.05, 3.63) is 30.3 Å². The highest BCUT2D eigenvalue weighted by Gasteiger charge is 2.49. The van der Waals surface area contributed by atoms with Crippen molar-refractivity contribution in [2.45, 2.75) is 43.2 Å². The van der Waals surface area contributed by atoms with Gasteiger partial charge in [0.05, 0.1) is 0 Å². The molecule has 1 aliphatic rings. The molecule has 0 heterocycles. The van der Waals surface area contributed by atoms with Crippen LogP contribution in [0.5, 0.6) is 0 Å². The summed E-state index contributed by atoms with van der Waals surface area (Å²) in [6.45, 7) is 0. The molecule has 0 bridgehead atoms. The topological polar surface area (TPSA) is 17.1 Å². The van der Waals surface area contributed by atoms with E-state index in [4.69, 9.17) is 0 Å². The number of rotatable bonds is 3. The van der Waals surface area contributed by atoms with Crippen LogP contribution in [0.4, 0.5) is 13.2 Å². The van der Waals surface area contributed by atoms with Crippen molar-refractivity contribution in [1.82, 2.24) is 0 Å². The fourth-order valence-electron chi connectivity index (χ4n) is 2.73. The van der Waals surface area contributed by atoms with E-state index in [9.17, 15) is 18.0 Å². The summed E-state index contributed by atoms with van der Waals surface area (Å²) < 4.78 is 39.7. The second kappa shape index (κ2) is 6.66. The molecule has 0 aliphatic heterocycles. The van der Waals surface area contributed by atoms with E-state index < -0.39 is 23.1 Å². The molecule has 0 saturated heterocycles. The van der Waals surface area contributed by atoms with E-state index in [0.717, 1.165) is 19.3 Å². The highest BCUT2D eigenvalue weighted by atomic mass is 32.2. The lowest BCUT2D eigenvalue weighted by atomic mass is 9.80. The van der Waals surface area contributed by atoms with Gasteiger partial charge in [-0.15, -0.1) is 0 Å². The van der Waals surface area contributed by atoms with Gasteiger partial charge in [-0.3, -0.25) is 4.79 Å². The summed E-state index contributed by atoms with van der Waals surface area (Å²) in [4.78, 5) is 12.7. The number of carbonyl (C=O) groups is 1. The number of thioether (sulfide) groups is 1. The number of hydrogen-bond donors (Lipinski definition) is 0. The third-order valence-electron chi connectivity index (χ3n) is 3.69. The number of carbonyl (C=O) groups excluding carboxylic acids is 1. The van der Waals surface area contributed by atoms with Crippen LogP contribution in [0.25, 0.3) is 0 Å². The Balaban J connectivity index is 2.12. The normalized spacial score (nSPS) is 18.8. The van der Waals surface area contributed by atoms with Gasteiger partial charge in [-0.2, -0.15) is 13.2 Å². The lowest BCUT2D eigenvalue weighted by molar-refractivity contribution is -0.189. The van der Waals surface area contributed by atoms with Crippen molar-refractivity contribution >= 4 is 16.9 Å². The van der Waals surface area contributed by atoms with Crippen LogP contribution in [0.1, 0.15) is 32.1 Å². The fraction of sp³-hybridized carbons (Fsp3) is 0.533. The number of hydrogen-bond acceptors (Lipinski definition) is 2. The molecule has 1 aromatic carbocycles. The fourth-order valence-corrected chi connectivity index (χ4v) is 3.71. The van der Waals surface area contributed by atoms with Gasteiger partial charge in [-0.1, -0.05) is 49.2 Å². The molecule has 0 N–H and O–H groups in total. The predicted octanol–water partition coefficient (Wildman–Crippen LogP) is 5.06. The van der Waals surface area contributed by atoms with E-state index in [2.05, 4.69) is 0 Å². The molecule has 20 heavy (non-hydrogen) atoms. The Morgan fingerprint density at radius 3 is 2.25 bits per heavy atom. The van der Waals surface area contributed by atoms with Crippen LogP contribution in [0.3, 0.4) is 0 Å². The molecule has 1 fully saturated rings. The molecule has 110 valence electrons. The van der Waals surface area contributed by atoms with E-state index in [0.29, 0.717) is 29.5 Å². The smallest absolute Gasteiger partial charge is 0.286 e. The molecule has 0 spiro atoms. The highest BCUT2D eigenvalue weighted by molar-refractivity contribution is 8.13. The first kappa shape index (κ1) is 15.4. The van der Waals surface area contributed by atoms with Crippen molar-refractivity contribution in [2.24, 2.45) is 11.8 Å². The van der Waals surface area contributed by atoms with Gasteiger partial charge in [0.25, 0.3) is 0 Å². The minimum atomic E-state index is -4.44. The third kappa shape index (κ3) is 4.01. The molecule has 2 rings (SSSR count). The average molecular weight is 302 g/mol. The van der Waals surface area contributed by atoms with Crippen LogP contribution in [0.2, 0.25) is 0 Å². The molecule has 1 aromatic rings. The van der Waals surface area contributed by atoms with E-state index in [1.54, 1.807) is 30.3 Å². The molecule has 5 heteroatoms. The van der Waals surface area contributed by atoms with Crippen molar-refractivity contribution in [2.75, 3.05) is 0 Å². The van der Waals surface area contributed by atoms with E-state index in [1.165, 1.54) is 0 Å². The van der Waals surface area contributed by atoms with Gasteiger partial charge in [-0.25, -0.2) is 0 Å². The predicted molar refractivity (Wildman–Crippen MR) is 73.4 cm³/mol. The molecule has 0 radical (unpaired) electrons. The highest BCUT2D eigenvalue weighted by Crippen LogP contribution is 2.43. The van der Waals surface area contributed by atoms with Crippen LogP contribution in [-0.4, -0.2) is 11.3 Å². The maximum atomic E-state index is 13.2. The maximum Gasteiger partial charge on any atom is 0.399 e. The largest absolute Gasteiger partial charge is 0.399 e. The molecule has 1 nitrogen and oxygen atoms in total. The zero-order valence-electron chi connectivity index (χ0n) is 11.0. The van der Waals surface area contributed by atoms with E-state index in [1.807, 2.05) is 0 Å². The van der Waals surface area contributed by atoms with Gasteiger partial charge in [0.2, 0.25) is 5.12 Å². The van der Waals surface area contributed by atoms with Crippen molar-refractivity contribution in [3.8, 4) is 0 Å². The Morgan fingerprint density at radius 2 is 1.70 bits per heavy atom. The minimum absolute atomic E-state index is 0.505. The Labute approximate surface area is 120 Å². The molecule has 1 atom stereocenters. The van der Waals surface area contributed by atoms with Gasteiger partial charge in [0.15, 0.2) is 0 Å². The quantitative estimate of drug-likeness (QED) is 0.726. The Morgan fingerprint density at radius 1 is 1.10 bits per heavy atom. The first-order valence-corrected chi connectivity index (χ1v) is 7.63. The third-order valence-corrected chi connectivity index (χ3v) is 4.65. The van der Waals surface area contributed by atoms with Crippen molar-refractivity contribution in [1.29, 1.82) is 0 Å². The van der Waals surface area contributed by atoms with Crippen LogP contribution in [0, 0.1) is 11.8 Å². The Hall–Kier alpha value is -0.970. The maximum absolute atomic E-state index is 13.2. The lowest BCUT2D eigenvalue weighted by Gasteiger charge is -2.30. The zero-order chi connectivity index (χ0) is 14.6. The standard InChI is InChI=1S/C15H17F3OS/c16-15(17,18)13(11-7-3-1-4-8-11)14(19)20-12-9-5-2-6-10-12/h2,5-6,9-11,13H,1,3-4,7-8H2. The summed E-state index contributed by atoms with van der Waals surface area (Å²) in [5, 5.41) is -0.768. The van der Waals surface area contributed by atoms with Gasteiger partial charge < -0.3 is 0 Å². The van der Waals surface area contributed by atoms with E-state index in [-0.39, 0.29) is 0 Å². The van der Waals surface area contributed by atoms with Crippen molar-refractivity contribution in [3.63, 3.8) is 0 Å². The van der Waals surface area contributed by atoms with Crippen LogP contribution in [0.15, 0.2) is 35.2 Å². The molecule has 1 unspecified atom stereocenters. The van der Waals surface area contributed by atoms with Gasteiger partial charge in [0, 0.05) is 4.90 Å². The second-order valence-electron chi connectivity index (χ2n) is 5.15. The molecule has 1 saturated carbocycles. The van der Waals surface area contributed by atoms with Gasteiger partial charge in [-0.05, 0) is 30.9 Å². The van der Waals surface area contributed by atoms with E-state index >= 15 is 0 Å². The minimum Gasteiger partial charge on any atom is -0.286 e. The molecular formula is C15H17F3OS. The van der Waals surface area contributed by atoms with Crippen LogP contribution >= 0.6 is 11.8 Å². The average Bonchev–Trinajstić information content (AvgIpc) is 2.39. The zero-order valence-corrected chi connectivity index (χ0v) is 11.8. The lowest BCUT2D eigenvalue weighted by Crippen LogP contribution is -2.36. The number of benzene rings is 1. The number of halogens is 3. The summed E-state index contributed by atoms with van der Waals surface area (Å²) in [5.74, 6) is -2.37. The summed E-state index contributed by atoms with van der Waals surface area (Å²) in [6, 6.07) is 8.54. The molecule has 0 amide bonds. The second-order valence-corrected chi connectivity index (χ2v) is 6.23. The Bertz CT molecular complexity index is 438. The summed E-state index contributed by atoms with van der Waals surface area (Å²) in [7, 11) is 0. The van der Waals surface area contributed by atoms with Gasteiger partial charge in [0.1, 0.15) is 5.92 Å². The molecular weight excluding hydrogens is 285 g/mol. The van der Waals surface area contributed by atoms with Crippen LogP contribution in [-0.2, 0) is 4.79 Å². The van der Waals surface area contributed by atoms with Crippen LogP contribution < -0.4 is 0 Å². The van der Waals surface area contributed by atoms with Crippen molar-refractivity contribution < 1.29 is 18.0 Å². The monoisotopic (exact) mass is 302 g/mol. The summed E-state index contributed by atoms with van der Waals surface area (Å²) in [5.41, 5.74) is 0. The number of alkyl halides is 3. The summed E-state index contributed by atoms with van der Waals surface area (Å²) >= 11 is 0.713.